The molecule has 0 bridgehead atoms. The average molecular weight is 312 g/mol. The van der Waals surface area contributed by atoms with E-state index in [1.807, 2.05) is 0 Å². The number of benzene rings is 1. The lowest BCUT2D eigenvalue weighted by Gasteiger charge is -2.16. The Balaban J connectivity index is 2.44. The summed E-state index contributed by atoms with van der Waals surface area (Å²) in [5.74, 6) is -0.381. The lowest BCUT2D eigenvalue weighted by molar-refractivity contribution is -0.162. The Kier molecular flexibility index (Phi) is 3.63. The maximum atomic E-state index is 12.7. The van der Waals surface area contributed by atoms with E-state index in [0.717, 1.165) is 17.4 Å². The number of aromatic nitrogens is 1. The smallest absolute Gasteiger partial charge is 0.417 e. The number of rotatable bonds is 2. The highest BCUT2D eigenvalue weighted by Crippen LogP contribution is 2.42. The zero-order valence-corrected chi connectivity index (χ0v) is 10.2. The lowest BCUT2D eigenvalue weighted by atomic mass is 10.1. The third-order valence-corrected chi connectivity index (χ3v) is 2.77. The van der Waals surface area contributed by atoms with Gasteiger partial charge in [-0.15, -0.1) is 0 Å². The van der Waals surface area contributed by atoms with Gasteiger partial charge in [0.2, 0.25) is 0 Å². The summed E-state index contributed by atoms with van der Waals surface area (Å²) in [6.07, 6.45) is -7.87. The molecule has 0 atom stereocenters. The van der Waals surface area contributed by atoms with E-state index in [4.69, 9.17) is 4.74 Å². The minimum atomic E-state index is -5.14. The normalized spacial score (nSPS) is 12.5. The van der Waals surface area contributed by atoms with E-state index in [1.54, 1.807) is 0 Å². The largest absolute Gasteiger partial charge is 0.431 e. The molecule has 1 radical (unpaired) electrons. The first-order valence-corrected chi connectivity index (χ1v) is 5.84. The summed E-state index contributed by atoms with van der Waals surface area (Å²) in [4.78, 5) is 3.54. The van der Waals surface area contributed by atoms with Gasteiger partial charge in [0.05, 0.1) is 11.1 Å². The van der Waals surface area contributed by atoms with Crippen molar-refractivity contribution < 1.29 is 31.1 Å². The molecule has 0 spiro atoms. The molecule has 2 rings (SSSR count). The van der Waals surface area contributed by atoms with Gasteiger partial charge < -0.3 is 4.74 Å². The van der Waals surface area contributed by atoms with Crippen molar-refractivity contribution in [2.24, 2.45) is 0 Å². The predicted octanol–water partition coefficient (Wildman–Crippen LogP) is 4.77. The first kappa shape index (κ1) is 14.6. The molecule has 107 valence electrons. The standard InChI is InChI=1S/C11H4F6NOS/c12-10(13,14)7-2-1-6(5-8(7)11(15,16)17)19-9-18-3-4-20-9/h1-2,4-5H. The molecule has 0 fully saturated rings. The summed E-state index contributed by atoms with van der Waals surface area (Å²) in [5.41, 5.74) is -3.56. The summed E-state index contributed by atoms with van der Waals surface area (Å²) < 4.78 is 80.5. The molecule has 0 aliphatic carbocycles. The molecule has 0 aliphatic heterocycles. The van der Waals surface area contributed by atoms with Gasteiger partial charge in [0.15, 0.2) is 0 Å². The number of thiazole rings is 1. The average Bonchev–Trinajstić information content (AvgIpc) is 2.79. The van der Waals surface area contributed by atoms with E-state index in [9.17, 15) is 26.3 Å². The Labute approximate surface area is 112 Å². The Hall–Kier alpha value is -1.77. The van der Waals surface area contributed by atoms with E-state index in [0.29, 0.717) is 12.1 Å². The summed E-state index contributed by atoms with van der Waals surface area (Å²) in [5, 5.41) is 1.38. The van der Waals surface area contributed by atoms with Gasteiger partial charge in [-0.25, -0.2) is 4.98 Å². The Morgan fingerprint density at radius 3 is 2.15 bits per heavy atom. The van der Waals surface area contributed by atoms with Gasteiger partial charge in [0.25, 0.3) is 5.19 Å². The molecular weight excluding hydrogens is 308 g/mol. The van der Waals surface area contributed by atoms with Gasteiger partial charge in [-0.3, -0.25) is 0 Å². The van der Waals surface area contributed by atoms with Crippen LogP contribution in [0.2, 0.25) is 0 Å². The fraction of sp³-hybridized carbons (Fsp3) is 0.182. The summed E-state index contributed by atoms with van der Waals surface area (Å²) >= 11 is 0.948. The van der Waals surface area contributed by atoms with Crippen molar-refractivity contribution in [2.45, 2.75) is 12.4 Å². The van der Waals surface area contributed by atoms with Crippen LogP contribution >= 0.6 is 11.3 Å². The molecule has 0 unspecified atom stereocenters. The Morgan fingerprint density at radius 2 is 1.65 bits per heavy atom. The molecule has 1 heterocycles. The minimum Gasteiger partial charge on any atom is -0.431 e. The first-order valence-electron chi connectivity index (χ1n) is 4.96. The van der Waals surface area contributed by atoms with Gasteiger partial charge in [-0.2, -0.15) is 26.3 Å². The minimum absolute atomic E-state index is 0.0158. The number of halogens is 6. The van der Waals surface area contributed by atoms with E-state index in [2.05, 4.69) is 11.2 Å². The van der Waals surface area contributed by atoms with Crippen LogP contribution in [0, 0.1) is 6.20 Å². The van der Waals surface area contributed by atoms with Crippen LogP contribution in [-0.2, 0) is 12.4 Å². The molecule has 0 saturated carbocycles. The summed E-state index contributed by atoms with van der Waals surface area (Å²) in [7, 11) is 0. The Morgan fingerprint density at radius 1 is 1.00 bits per heavy atom. The second-order valence-corrected chi connectivity index (χ2v) is 4.37. The van der Waals surface area contributed by atoms with Gasteiger partial charge in [0, 0.05) is 5.38 Å². The number of hydrogen-bond acceptors (Lipinski definition) is 3. The van der Waals surface area contributed by atoms with Crippen LogP contribution in [0.1, 0.15) is 11.1 Å². The topological polar surface area (TPSA) is 22.1 Å². The molecule has 1 aromatic heterocycles. The fourth-order valence-electron chi connectivity index (χ4n) is 1.40. The van der Waals surface area contributed by atoms with Crippen molar-refractivity contribution in [3.8, 4) is 10.9 Å². The summed E-state index contributed by atoms with van der Waals surface area (Å²) in [6.45, 7) is 0. The van der Waals surface area contributed by atoms with Crippen LogP contribution in [0.15, 0.2) is 23.6 Å². The number of alkyl halides is 6. The van der Waals surface area contributed by atoms with Gasteiger partial charge in [-0.1, -0.05) is 11.3 Å². The van der Waals surface area contributed by atoms with Crippen molar-refractivity contribution in [2.75, 3.05) is 0 Å². The van der Waals surface area contributed by atoms with Gasteiger partial charge >= 0.3 is 12.4 Å². The van der Waals surface area contributed by atoms with Crippen molar-refractivity contribution >= 4 is 11.3 Å². The number of hydrogen-bond donors (Lipinski definition) is 0. The van der Waals surface area contributed by atoms with Gasteiger partial charge in [0.1, 0.15) is 11.9 Å². The first-order chi connectivity index (χ1) is 9.18. The molecule has 0 amide bonds. The van der Waals surface area contributed by atoms with Crippen molar-refractivity contribution in [3.63, 3.8) is 0 Å². The SMILES string of the molecule is FC(F)(F)c1ccc(Oc2n[c]cs2)cc1C(F)(F)F. The molecule has 0 N–H and O–H groups in total. The van der Waals surface area contributed by atoms with Crippen LogP contribution < -0.4 is 4.74 Å². The second-order valence-electron chi connectivity index (χ2n) is 3.55. The summed E-state index contributed by atoms with van der Waals surface area (Å²) in [6, 6.07) is 1.43. The van der Waals surface area contributed by atoms with Crippen molar-refractivity contribution in [1.29, 1.82) is 0 Å². The van der Waals surface area contributed by atoms with Crippen LogP contribution in [0.25, 0.3) is 0 Å². The van der Waals surface area contributed by atoms with Crippen LogP contribution in [-0.4, -0.2) is 4.98 Å². The fourth-order valence-corrected chi connectivity index (χ4v) is 1.85. The molecule has 1 aromatic carbocycles. The highest BCUT2D eigenvalue weighted by molar-refractivity contribution is 7.11. The van der Waals surface area contributed by atoms with E-state index < -0.39 is 23.5 Å². The van der Waals surface area contributed by atoms with E-state index in [-0.39, 0.29) is 10.9 Å². The highest BCUT2D eigenvalue weighted by Gasteiger charge is 2.43. The number of nitrogens with zero attached hydrogens (tertiary/aromatic N) is 1. The van der Waals surface area contributed by atoms with E-state index in [1.165, 1.54) is 5.38 Å². The molecule has 2 nitrogen and oxygen atoms in total. The quantitative estimate of drug-likeness (QED) is 0.745. The van der Waals surface area contributed by atoms with Crippen molar-refractivity contribution in [3.05, 3.63) is 40.9 Å². The van der Waals surface area contributed by atoms with Gasteiger partial charge in [-0.05, 0) is 18.2 Å². The van der Waals surface area contributed by atoms with E-state index >= 15 is 0 Å². The molecule has 2 aromatic rings. The molecule has 20 heavy (non-hydrogen) atoms. The zero-order chi connectivity index (χ0) is 15.0. The van der Waals surface area contributed by atoms with Crippen LogP contribution in [0.4, 0.5) is 26.3 Å². The zero-order valence-electron chi connectivity index (χ0n) is 9.34. The lowest BCUT2D eigenvalue weighted by Crippen LogP contribution is -2.16. The second kappa shape index (κ2) is 4.97. The number of ether oxygens (including phenoxy) is 1. The molecule has 0 aliphatic rings. The monoisotopic (exact) mass is 312 g/mol. The third kappa shape index (κ3) is 3.21. The van der Waals surface area contributed by atoms with Crippen LogP contribution in [0.3, 0.4) is 0 Å². The maximum Gasteiger partial charge on any atom is 0.417 e. The molecular formula is C11H4F6NOS. The maximum absolute atomic E-state index is 12.7. The Bertz CT molecular complexity index is 590. The van der Waals surface area contributed by atoms with Crippen LogP contribution in [0.5, 0.6) is 10.9 Å². The third-order valence-electron chi connectivity index (χ3n) is 2.18. The molecule has 0 saturated heterocycles. The molecule has 9 heteroatoms. The predicted molar refractivity (Wildman–Crippen MR) is 57.5 cm³/mol. The van der Waals surface area contributed by atoms with Crippen molar-refractivity contribution in [1.82, 2.24) is 4.98 Å². The highest BCUT2D eigenvalue weighted by atomic mass is 32.1.